The van der Waals surface area contributed by atoms with Gasteiger partial charge in [0, 0.05) is 0 Å². The summed E-state index contributed by atoms with van der Waals surface area (Å²) in [6.45, 7) is 5.05. The topological polar surface area (TPSA) is 52.6 Å². The maximum atomic E-state index is 13.2. The van der Waals surface area contributed by atoms with Crippen LogP contribution < -0.4 is 0 Å². The predicted molar refractivity (Wildman–Crippen MR) is 76.5 cm³/mol. The SMILES string of the molecule is CCOC(=O)C(C)(Cc1ccc(F)c(Cl)c1)C(=O)OCC. The summed E-state index contributed by atoms with van der Waals surface area (Å²) in [6, 6.07) is 4.04. The molecule has 0 atom stereocenters. The average molecular weight is 317 g/mol. The van der Waals surface area contributed by atoms with E-state index in [-0.39, 0.29) is 24.7 Å². The summed E-state index contributed by atoms with van der Waals surface area (Å²) in [5, 5.41) is -0.0671. The van der Waals surface area contributed by atoms with E-state index < -0.39 is 23.2 Å². The molecule has 4 nitrogen and oxygen atoms in total. The zero-order valence-electron chi connectivity index (χ0n) is 12.2. The minimum atomic E-state index is -1.49. The van der Waals surface area contributed by atoms with Crippen molar-refractivity contribution in [2.45, 2.75) is 27.2 Å². The second-order valence-electron chi connectivity index (χ2n) is 4.70. The molecule has 0 radical (unpaired) electrons. The van der Waals surface area contributed by atoms with Crippen molar-refractivity contribution in [3.63, 3.8) is 0 Å². The highest BCUT2D eigenvalue weighted by Crippen LogP contribution is 2.28. The summed E-state index contributed by atoms with van der Waals surface area (Å²) >= 11 is 5.72. The van der Waals surface area contributed by atoms with Crippen molar-refractivity contribution in [3.8, 4) is 0 Å². The molecule has 0 spiro atoms. The van der Waals surface area contributed by atoms with E-state index in [2.05, 4.69) is 0 Å². The molecule has 0 saturated heterocycles. The summed E-state index contributed by atoms with van der Waals surface area (Å²) in [5.41, 5.74) is -0.947. The van der Waals surface area contributed by atoms with E-state index in [4.69, 9.17) is 21.1 Å². The third-order valence-electron chi connectivity index (χ3n) is 2.99. The van der Waals surface area contributed by atoms with Gasteiger partial charge >= 0.3 is 11.9 Å². The first-order valence-electron chi connectivity index (χ1n) is 6.63. The second kappa shape index (κ2) is 7.41. The molecule has 0 aliphatic carbocycles. The quantitative estimate of drug-likeness (QED) is 0.597. The number of ether oxygens (including phenoxy) is 2. The third kappa shape index (κ3) is 4.17. The molecule has 0 heterocycles. The molecule has 0 bridgehead atoms. The van der Waals surface area contributed by atoms with Gasteiger partial charge in [-0.3, -0.25) is 9.59 Å². The summed E-state index contributed by atoms with van der Waals surface area (Å²) in [4.78, 5) is 24.2. The first-order valence-corrected chi connectivity index (χ1v) is 7.01. The second-order valence-corrected chi connectivity index (χ2v) is 5.11. The van der Waals surface area contributed by atoms with E-state index in [0.717, 1.165) is 0 Å². The van der Waals surface area contributed by atoms with Crippen LogP contribution in [0.5, 0.6) is 0 Å². The molecule has 0 aliphatic rings. The van der Waals surface area contributed by atoms with Gasteiger partial charge in [-0.15, -0.1) is 0 Å². The zero-order chi connectivity index (χ0) is 16.0. The summed E-state index contributed by atoms with van der Waals surface area (Å²) in [6.07, 6.45) is 0.0185. The molecule has 0 aromatic heterocycles. The van der Waals surface area contributed by atoms with Crippen molar-refractivity contribution in [1.82, 2.24) is 0 Å². The molecule has 6 heteroatoms. The Balaban J connectivity index is 3.09. The number of rotatable bonds is 6. The van der Waals surface area contributed by atoms with E-state index in [0.29, 0.717) is 5.56 Å². The van der Waals surface area contributed by atoms with Crippen molar-refractivity contribution in [1.29, 1.82) is 0 Å². The minimum Gasteiger partial charge on any atom is -0.465 e. The molecule has 0 fully saturated rings. The van der Waals surface area contributed by atoms with Gasteiger partial charge in [0.15, 0.2) is 5.41 Å². The van der Waals surface area contributed by atoms with Gasteiger partial charge in [-0.1, -0.05) is 17.7 Å². The zero-order valence-corrected chi connectivity index (χ0v) is 13.0. The fourth-order valence-corrected chi connectivity index (χ4v) is 2.07. The van der Waals surface area contributed by atoms with Gasteiger partial charge in [0.2, 0.25) is 0 Å². The molecule has 0 amide bonds. The smallest absolute Gasteiger partial charge is 0.323 e. The maximum absolute atomic E-state index is 13.2. The van der Waals surface area contributed by atoms with Crippen LogP contribution >= 0.6 is 11.6 Å². The molecule has 0 unspecified atom stereocenters. The standard InChI is InChI=1S/C15H18ClFO4/c1-4-20-13(18)15(3,14(19)21-5-2)9-10-6-7-12(17)11(16)8-10/h6-8H,4-5,9H2,1-3H3. The number of esters is 2. The molecular weight excluding hydrogens is 299 g/mol. The lowest BCUT2D eigenvalue weighted by molar-refractivity contribution is -0.170. The molecular formula is C15H18ClFO4. The van der Waals surface area contributed by atoms with E-state index in [1.807, 2.05) is 0 Å². The normalized spacial score (nSPS) is 11.1. The van der Waals surface area contributed by atoms with E-state index in [1.54, 1.807) is 13.8 Å². The first kappa shape index (κ1) is 17.4. The van der Waals surface area contributed by atoms with Gasteiger partial charge in [0.1, 0.15) is 5.82 Å². The Morgan fingerprint density at radius 2 is 1.71 bits per heavy atom. The van der Waals surface area contributed by atoms with Crippen molar-refractivity contribution >= 4 is 23.5 Å². The third-order valence-corrected chi connectivity index (χ3v) is 3.28. The van der Waals surface area contributed by atoms with Gasteiger partial charge < -0.3 is 9.47 Å². The van der Waals surface area contributed by atoms with E-state index in [9.17, 15) is 14.0 Å². The van der Waals surface area contributed by atoms with Crippen LogP contribution in [0.25, 0.3) is 0 Å². The highest BCUT2D eigenvalue weighted by atomic mass is 35.5. The summed E-state index contributed by atoms with van der Waals surface area (Å²) in [7, 11) is 0. The van der Waals surface area contributed by atoms with Crippen molar-refractivity contribution in [3.05, 3.63) is 34.6 Å². The fourth-order valence-electron chi connectivity index (χ4n) is 1.87. The fraction of sp³-hybridized carbons (Fsp3) is 0.467. The van der Waals surface area contributed by atoms with Crippen LogP contribution in [0.1, 0.15) is 26.3 Å². The molecule has 0 N–H and O–H groups in total. The minimum absolute atomic E-state index is 0.0185. The van der Waals surface area contributed by atoms with E-state index >= 15 is 0 Å². The largest absolute Gasteiger partial charge is 0.465 e. The van der Waals surface area contributed by atoms with Gasteiger partial charge in [-0.2, -0.15) is 0 Å². The molecule has 1 rings (SSSR count). The lowest BCUT2D eigenvalue weighted by Crippen LogP contribution is -2.41. The molecule has 116 valence electrons. The molecule has 1 aromatic rings. The number of hydrogen-bond acceptors (Lipinski definition) is 4. The lowest BCUT2D eigenvalue weighted by atomic mass is 9.83. The molecule has 21 heavy (non-hydrogen) atoms. The van der Waals surface area contributed by atoms with Crippen LogP contribution in [0.2, 0.25) is 5.02 Å². The Kier molecular flexibility index (Phi) is 6.15. The first-order chi connectivity index (χ1) is 9.85. The number of carbonyl (C=O) groups is 2. The number of carbonyl (C=O) groups excluding carboxylic acids is 2. The van der Waals surface area contributed by atoms with Crippen LogP contribution in [-0.4, -0.2) is 25.2 Å². The van der Waals surface area contributed by atoms with Gasteiger partial charge in [0.25, 0.3) is 0 Å². The van der Waals surface area contributed by atoms with Crippen LogP contribution in [0, 0.1) is 11.2 Å². The molecule has 1 aromatic carbocycles. The lowest BCUT2D eigenvalue weighted by Gasteiger charge is -2.25. The maximum Gasteiger partial charge on any atom is 0.323 e. The Bertz CT molecular complexity index is 512. The van der Waals surface area contributed by atoms with Crippen molar-refractivity contribution in [2.75, 3.05) is 13.2 Å². The Hall–Kier alpha value is -1.62. The highest BCUT2D eigenvalue weighted by molar-refractivity contribution is 6.30. The number of hydrogen-bond donors (Lipinski definition) is 0. The Morgan fingerprint density at radius 3 is 2.14 bits per heavy atom. The van der Waals surface area contributed by atoms with Crippen LogP contribution in [-0.2, 0) is 25.5 Å². The highest BCUT2D eigenvalue weighted by Gasteiger charge is 2.44. The average Bonchev–Trinajstić information content (AvgIpc) is 2.43. The van der Waals surface area contributed by atoms with Crippen molar-refractivity contribution in [2.24, 2.45) is 5.41 Å². The van der Waals surface area contributed by atoms with Crippen LogP contribution in [0.15, 0.2) is 18.2 Å². The molecule has 0 aliphatic heterocycles. The van der Waals surface area contributed by atoms with E-state index in [1.165, 1.54) is 25.1 Å². The van der Waals surface area contributed by atoms with Gasteiger partial charge in [0.05, 0.1) is 18.2 Å². The van der Waals surface area contributed by atoms with Gasteiger partial charge in [-0.05, 0) is 44.9 Å². The monoisotopic (exact) mass is 316 g/mol. The van der Waals surface area contributed by atoms with Crippen LogP contribution in [0.3, 0.4) is 0 Å². The summed E-state index contributed by atoms with van der Waals surface area (Å²) < 4.78 is 23.1. The van der Waals surface area contributed by atoms with Gasteiger partial charge in [-0.25, -0.2) is 4.39 Å². The molecule has 0 saturated carbocycles. The number of halogens is 2. The Labute approximate surface area is 128 Å². The van der Waals surface area contributed by atoms with Crippen LogP contribution in [0.4, 0.5) is 4.39 Å². The number of benzene rings is 1. The Morgan fingerprint density at radius 1 is 1.19 bits per heavy atom. The predicted octanol–water partition coefficient (Wildman–Crippen LogP) is 3.15. The summed E-state index contributed by atoms with van der Waals surface area (Å²) in [5.74, 6) is -1.91. The van der Waals surface area contributed by atoms with Crippen molar-refractivity contribution < 1.29 is 23.5 Å².